The number of ether oxygens (including phenoxy) is 1. The average Bonchev–Trinajstić information content (AvgIpc) is 2.65. The Labute approximate surface area is 153 Å². The number of benzene rings is 1. The second-order valence-electron chi connectivity index (χ2n) is 6.96. The van der Waals surface area contributed by atoms with Gasteiger partial charge in [0, 0.05) is 11.6 Å². The number of hydrogen-bond acceptors (Lipinski definition) is 3. The molecule has 1 heterocycles. The summed E-state index contributed by atoms with van der Waals surface area (Å²) in [6, 6.07) is 4.21. The van der Waals surface area contributed by atoms with Crippen molar-refractivity contribution in [1.29, 1.82) is 0 Å². The van der Waals surface area contributed by atoms with Gasteiger partial charge in [-0.1, -0.05) is 19.3 Å². The fourth-order valence-corrected chi connectivity index (χ4v) is 3.52. The Morgan fingerprint density at radius 2 is 1.88 bits per heavy atom. The number of carbonyl (C=O) groups is 2. The van der Waals surface area contributed by atoms with Crippen LogP contribution in [0, 0.1) is 11.7 Å². The minimum absolute atomic E-state index is 0.0615. The zero-order chi connectivity index (χ0) is 18.5. The van der Waals surface area contributed by atoms with Gasteiger partial charge in [-0.15, -0.1) is 0 Å². The maximum atomic E-state index is 14.1. The third kappa shape index (κ3) is 4.42. The van der Waals surface area contributed by atoms with Crippen molar-refractivity contribution in [3.63, 3.8) is 0 Å². The van der Waals surface area contributed by atoms with Gasteiger partial charge >= 0.3 is 0 Å². The van der Waals surface area contributed by atoms with Gasteiger partial charge in [0.25, 0.3) is 5.91 Å². The third-order valence-electron chi connectivity index (χ3n) is 5.05. The van der Waals surface area contributed by atoms with E-state index < -0.39 is 5.82 Å². The molecule has 2 N–H and O–H groups in total. The summed E-state index contributed by atoms with van der Waals surface area (Å²) >= 11 is 0. The van der Waals surface area contributed by atoms with Crippen LogP contribution in [0.15, 0.2) is 29.5 Å². The molecule has 1 aromatic carbocycles. The number of hydrogen-bond donors (Lipinski definition) is 2. The van der Waals surface area contributed by atoms with Crippen LogP contribution in [-0.4, -0.2) is 18.4 Å². The number of amides is 2. The van der Waals surface area contributed by atoms with E-state index in [0.29, 0.717) is 30.0 Å². The van der Waals surface area contributed by atoms with Crippen molar-refractivity contribution in [3.8, 4) is 0 Å². The molecule has 6 heteroatoms. The first-order valence-corrected chi connectivity index (χ1v) is 9.29. The monoisotopic (exact) mass is 360 g/mol. The Kier molecular flexibility index (Phi) is 5.91. The van der Waals surface area contributed by atoms with Gasteiger partial charge in [-0.3, -0.25) is 9.59 Å². The molecular weight excluding hydrogens is 335 g/mol. The van der Waals surface area contributed by atoms with E-state index in [0.717, 1.165) is 38.5 Å². The molecule has 1 saturated carbocycles. The molecule has 0 atom stereocenters. The normalized spacial score (nSPS) is 18.2. The first-order chi connectivity index (χ1) is 12.5. The van der Waals surface area contributed by atoms with E-state index in [-0.39, 0.29) is 23.4 Å². The van der Waals surface area contributed by atoms with Crippen LogP contribution in [0.25, 0.3) is 0 Å². The SMILES string of the molecule is CC1=C(C(=O)Nc2ccc(F)c(NC(=O)C3CCCCC3)c2)CCCO1. The van der Waals surface area contributed by atoms with Gasteiger partial charge in [-0.2, -0.15) is 0 Å². The largest absolute Gasteiger partial charge is 0.498 e. The van der Waals surface area contributed by atoms with Gasteiger partial charge in [0.15, 0.2) is 0 Å². The number of rotatable bonds is 4. The highest BCUT2D eigenvalue weighted by Crippen LogP contribution is 2.27. The second-order valence-corrected chi connectivity index (χ2v) is 6.96. The second kappa shape index (κ2) is 8.34. The fourth-order valence-electron chi connectivity index (χ4n) is 3.52. The number of allylic oxidation sites excluding steroid dienone is 1. The highest BCUT2D eigenvalue weighted by Gasteiger charge is 2.22. The molecule has 0 bridgehead atoms. The quantitative estimate of drug-likeness (QED) is 0.838. The van der Waals surface area contributed by atoms with Gasteiger partial charge in [0.05, 0.1) is 17.9 Å². The summed E-state index contributed by atoms with van der Waals surface area (Å²) in [7, 11) is 0. The summed E-state index contributed by atoms with van der Waals surface area (Å²) in [5.41, 5.74) is 1.15. The molecule has 140 valence electrons. The van der Waals surface area contributed by atoms with E-state index in [1.807, 2.05) is 0 Å². The lowest BCUT2D eigenvalue weighted by atomic mass is 9.88. The Hall–Kier alpha value is -2.37. The molecule has 3 rings (SSSR count). The smallest absolute Gasteiger partial charge is 0.254 e. The highest BCUT2D eigenvalue weighted by atomic mass is 19.1. The summed E-state index contributed by atoms with van der Waals surface area (Å²) in [4.78, 5) is 24.8. The van der Waals surface area contributed by atoms with Crippen molar-refractivity contribution in [2.45, 2.75) is 51.9 Å². The van der Waals surface area contributed by atoms with Crippen molar-refractivity contribution in [2.75, 3.05) is 17.2 Å². The van der Waals surface area contributed by atoms with Gasteiger partial charge in [0.1, 0.15) is 11.6 Å². The lowest BCUT2D eigenvalue weighted by molar-refractivity contribution is -0.120. The van der Waals surface area contributed by atoms with Crippen molar-refractivity contribution >= 4 is 23.2 Å². The zero-order valence-electron chi connectivity index (χ0n) is 15.1. The first-order valence-electron chi connectivity index (χ1n) is 9.29. The molecule has 1 fully saturated rings. The summed E-state index contributed by atoms with van der Waals surface area (Å²) in [5, 5.41) is 5.45. The van der Waals surface area contributed by atoms with Gasteiger partial charge < -0.3 is 15.4 Å². The lowest BCUT2D eigenvalue weighted by Gasteiger charge is -2.21. The van der Waals surface area contributed by atoms with Gasteiger partial charge in [0.2, 0.25) is 5.91 Å². The summed E-state index contributed by atoms with van der Waals surface area (Å²) < 4.78 is 19.5. The van der Waals surface area contributed by atoms with Crippen LogP contribution in [0.4, 0.5) is 15.8 Å². The molecular formula is C20H25FN2O3. The molecule has 0 aromatic heterocycles. The molecule has 1 aliphatic heterocycles. The van der Waals surface area contributed by atoms with Crippen molar-refractivity contribution in [1.82, 2.24) is 0 Å². The van der Waals surface area contributed by atoms with Crippen LogP contribution >= 0.6 is 0 Å². The van der Waals surface area contributed by atoms with Gasteiger partial charge in [-0.05, 0) is 50.8 Å². The van der Waals surface area contributed by atoms with E-state index in [4.69, 9.17) is 4.74 Å². The minimum atomic E-state index is -0.511. The Morgan fingerprint density at radius 1 is 1.12 bits per heavy atom. The molecule has 0 spiro atoms. The predicted octanol–water partition coefficient (Wildman–Crippen LogP) is 4.37. The van der Waals surface area contributed by atoms with Crippen LogP contribution in [0.1, 0.15) is 51.9 Å². The number of anilines is 2. The van der Waals surface area contributed by atoms with Crippen LogP contribution in [0.3, 0.4) is 0 Å². The predicted molar refractivity (Wildman–Crippen MR) is 98.1 cm³/mol. The number of nitrogens with one attached hydrogen (secondary N) is 2. The summed E-state index contributed by atoms with van der Waals surface area (Å²) in [5.74, 6) is -0.344. The van der Waals surface area contributed by atoms with E-state index in [1.54, 1.807) is 6.92 Å². The van der Waals surface area contributed by atoms with E-state index >= 15 is 0 Å². The number of halogens is 1. The molecule has 1 aliphatic carbocycles. The van der Waals surface area contributed by atoms with Crippen LogP contribution < -0.4 is 10.6 Å². The molecule has 0 radical (unpaired) electrons. The molecule has 1 aromatic rings. The maximum Gasteiger partial charge on any atom is 0.254 e. The maximum absolute atomic E-state index is 14.1. The van der Waals surface area contributed by atoms with Crippen LogP contribution in [0.2, 0.25) is 0 Å². The van der Waals surface area contributed by atoms with Crippen LogP contribution in [-0.2, 0) is 14.3 Å². The minimum Gasteiger partial charge on any atom is -0.498 e. The standard InChI is InChI=1S/C20H25FN2O3/c1-13-16(8-5-11-26-13)20(25)22-15-9-10-17(21)18(12-15)23-19(24)14-6-3-2-4-7-14/h9-10,12,14H,2-8,11H2,1H3,(H,22,25)(H,23,24). The molecule has 0 unspecified atom stereocenters. The Morgan fingerprint density at radius 3 is 2.62 bits per heavy atom. The zero-order valence-corrected chi connectivity index (χ0v) is 15.1. The summed E-state index contributed by atoms with van der Waals surface area (Å²) in [6.07, 6.45) is 6.37. The van der Waals surface area contributed by atoms with E-state index in [1.165, 1.54) is 18.2 Å². The van der Waals surface area contributed by atoms with Crippen molar-refractivity contribution < 1.29 is 18.7 Å². The molecule has 26 heavy (non-hydrogen) atoms. The molecule has 2 amide bonds. The first kappa shape index (κ1) is 18.4. The Balaban J connectivity index is 1.69. The summed E-state index contributed by atoms with van der Waals surface area (Å²) in [6.45, 7) is 2.39. The molecule has 2 aliphatic rings. The molecule has 5 nitrogen and oxygen atoms in total. The topological polar surface area (TPSA) is 67.4 Å². The fraction of sp³-hybridized carbons (Fsp3) is 0.500. The van der Waals surface area contributed by atoms with Crippen LogP contribution in [0.5, 0.6) is 0 Å². The number of carbonyl (C=O) groups excluding carboxylic acids is 2. The lowest BCUT2D eigenvalue weighted by Crippen LogP contribution is -2.25. The third-order valence-corrected chi connectivity index (χ3v) is 5.05. The van der Waals surface area contributed by atoms with Gasteiger partial charge in [-0.25, -0.2) is 4.39 Å². The average molecular weight is 360 g/mol. The van der Waals surface area contributed by atoms with Crippen molar-refractivity contribution in [2.24, 2.45) is 5.92 Å². The van der Waals surface area contributed by atoms with E-state index in [9.17, 15) is 14.0 Å². The molecule has 0 saturated heterocycles. The van der Waals surface area contributed by atoms with E-state index in [2.05, 4.69) is 10.6 Å². The Bertz CT molecular complexity index is 724. The highest BCUT2D eigenvalue weighted by molar-refractivity contribution is 6.04. The van der Waals surface area contributed by atoms with Crippen molar-refractivity contribution in [3.05, 3.63) is 35.3 Å².